The standard InChI is InChI=1S/C4H9NO2S2/c6-9(7)4-3-5-1-2-8-4/h4-5,9H,1-3H2. The van der Waals surface area contributed by atoms with Crippen LogP contribution < -0.4 is 5.32 Å². The number of thiol groups is 1. The molecule has 0 aromatic carbocycles. The molecule has 1 N–H and O–H groups in total. The molecule has 5 heteroatoms. The highest BCUT2D eigenvalue weighted by atomic mass is 32.2. The van der Waals surface area contributed by atoms with Gasteiger partial charge in [-0.1, -0.05) is 0 Å². The fourth-order valence-electron chi connectivity index (χ4n) is 0.687. The summed E-state index contributed by atoms with van der Waals surface area (Å²) in [7, 11) is -2.22. The Kier molecular flexibility index (Phi) is 2.81. The SMILES string of the molecule is O=[SH](=O)C1CNCCS1. The zero-order chi connectivity index (χ0) is 6.69. The second kappa shape index (κ2) is 3.43. The van der Waals surface area contributed by atoms with E-state index in [1.807, 2.05) is 0 Å². The van der Waals surface area contributed by atoms with Gasteiger partial charge in [-0.2, -0.15) is 0 Å². The van der Waals surface area contributed by atoms with Crippen molar-refractivity contribution in [3.05, 3.63) is 0 Å². The van der Waals surface area contributed by atoms with Crippen molar-refractivity contribution in [2.24, 2.45) is 0 Å². The molecule has 0 saturated carbocycles. The van der Waals surface area contributed by atoms with Gasteiger partial charge < -0.3 is 5.32 Å². The lowest BCUT2D eigenvalue weighted by atomic mass is 10.6. The molecule has 1 saturated heterocycles. The summed E-state index contributed by atoms with van der Waals surface area (Å²) in [5, 5.41) is 3.01. The van der Waals surface area contributed by atoms with Gasteiger partial charge in [-0.15, -0.1) is 11.8 Å². The Morgan fingerprint density at radius 3 is 2.67 bits per heavy atom. The van der Waals surface area contributed by atoms with Gasteiger partial charge >= 0.3 is 0 Å². The minimum atomic E-state index is -2.22. The van der Waals surface area contributed by atoms with E-state index in [0.717, 1.165) is 12.3 Å². The number of nitrogens with one attached hydrogen (secondary N) is 1. The van der Waals surface area contributed by atoms with Crippen LogP contribution in [-0.4, -0.2) is 31.8 Å². The fourth-order valence-corrected chi connectivity index (χ4v) is 2.54. The Hall–Kier alpha value is 0.260. The first-order valence-electron chi connectivity index (χ1n) is 2.76. The summed E-state index contributed by atoms with van der Waals surface area (Å²) in [6, 6.07) is 0. The topological polar surface area (TPSA) is 46.2 Å². The third-order valence-corrected chi connectivity index (χ3v) is 3.75. The first-order chi connectivity index (χ1) is 4.30. The molecule has 3 nitrogen and oxygen atoms in total. The van der Waals surface area contributed by atoms with Crippen molar-refractivity contribution < 1.29 is 8.42 Å². The third-order valence-electron chi connectivity index (χ3n) is 1.14. The molecule has 0 aliphatic carbocycles. The molecular weight excluding hydrogens is 158 g/mol. The maximum atomic E-state index is 10.3. The molecular formula is C4H9NO2S2. The summed E-state index contributed by atoms with van der Waals surface area (Å²) >= 11 is 1.51. The molecule has 1 aliphatic rings. The maximum Gasteiger partial charge on any atom is 0.153 e. The third kappa shape index (κ3) is 2.15. The Morgan fingerprint density at radius 1 is 1.56 bits per heavy atom. The molecule has 0 aromatic rings. The van der Waals surface area contributed by atoms with Crippen molar-refractivity contribution in [2.45, 2.75) is 4.58 Å². The molecule has 54 valence electrons. The molecule has 9 heavy (non-hydrogen) atoms. The summed E-state index contributed by atoms with van der Waals surface area (Å²) in [6.45, 7) is 1.55. The van der Waals surface area contributed by atoms with E-state index in [0.29, 0.717) is 6.54 Å². The van der Waals surface area contributed by atoms with Gasteiger partial charge in [-0.3, -0.25) is 0 Å². The van der Waals surface area contributed by atoms with E-state index < -0.39 is 10.7 Å². The summed E-state index contributed by atoms with van der Waals surface area (Å²) in [5.74, 6) is 0.911. The van der Waals surface area contributed by atoms with Crippen molar-refractivity contribution in [1.29, 1.82) is 0 Å². The van der Waals surface area contributed by atoms with Gasteiger partial charge in [-0.05, 0) is 0 Å². The highest BCUT2D eigenvalue weighted by Crippen LogP contribution is 2.12. The van der Waals surface area contributed by atoms with Crippen LogP contribution in [0.1, 0.15) is 0 Å². The van der Waals surface area contributed by atoms with Gasteiger partial charge in [0.1, 0.15) is 4.58 Å². The molecule has 0 bridgehead atoms. The second-order valence-electron chi connectivity index (χ2n) is 1.81. The highest BCUT2D eigenvalue weighted by Gasteiger charge is 2.14. The molecule has 0 aromatic heterocycles. The van der Waals surface area contributed by atoms with E-state index in [-0.39, 0.29) is 4.58 Å². The highest BCUT2D eigenvalue weighted by molar-refractivity contribution is 8.08. The Bertz CT molecular complexity index is 143. The predicted molar refractivity (Wildman–Crippen MR) is 39.4 cm³/mol. The van der Waals surface area contributed by atoms with Crippen LogP contribution >= 0.6 is 11.8 Å². The van der Waals surface area contributed by atoms with Gasteiger partial charge in [-0.25, -0.2) is 8.42 Å². The molecule has 1 fully saturated rings. The lowest BCUT2D eigenvalue weighted by Crippen LogP contribution is -2.33. The van der Waals surface area contributed by atoms with E-state index >= 15 is 0 Å². The van der Waals surface area contributed by atoms with Crippen molar-refractivity contribution >= 4 is 22.5 Å². The van der Waals surface area contributed by atoms with Gasteiger partial charge in [0, 0.05) is 18.8 Å². The molecule has 0 radical (unpaired) electrons. The smallest absolute Gasteiger partial charge is 0.153 e. The molecule has 1 atom stereocenters. The largest absolute Gasteiger partial charge is 0.314 e. The maximum absolute atomic E-state index is 10.3. The summed E-state index contributed by atoms with van der Waals surface area (Å²) in [6.07, 6.45) is 0. The Labute approximate surface area is 60.2 Å². The van der Waals surface area contributed by atoms with Crippen LogP contribution in [0.4, 0.5) is 0 Å². The monoisotopic (exact) mass is 167 g/mol. The van der Waals surface area contributed by atoms with Crippen molar-refractivity contribution in [2.75, 3.05) is 18.8 Å². The number of hydrogen-bond donors (Lipinski definition) is 2. The lowest BCUT2D eigenvalue weighted by Gasteiger charge is -2.16. The molecule has 0 amide bonds. The van der Waals surface area contributed by atoms with Gasteiger partial charge in [0.25, 0.3) is 0 Å². The predicted octanol–water partition coefficient (Wildman–Crippen LogP) is -0.740. The molecule has 0 spiro atoms. The zero-order valence-corrected chi connectivity index (χ0v) is 6.58. The minimum absolute atomic E-state index is 0.186. The normalized spacial score (nSPS) is 28.8. The molecule has 1 aliphatic heterocycles. The number of rotatable bonds is 1. The quantitative estimate of drug-likeness (QED) is 0.505. The van der Waals surface area contributed by atoms with Crippen LogP contribution in [0.2, 0.25) is 0 Å². The molecule has 1 unspecified atom stereocenters. The summed E-state index contributed by atoms with van der Waals surface area (Å²) < 4.78 is 20.5. The van der Waals surface area contributed by atoms with Crippen molar-refractivity contribution in [1.82, 2.24) is 5.32 Å². The van der Waals surface area contributed by atoms with E-state index in [1.165, 1.54) is 11.8 Å². The van der Waals surface area contributed by atoms with Crippen molar-refractivity contribution in [3.8, 4) is 0 Å². The second-order valence-corrected chi connectivity index (χ2v) is 4.67. The fraction of sp³-hybridized carbons (Fsp3) is 1.00. The van der Waals surface area contributed by atoms with Crippen LogP contribution in [0, 0.1) is 0 Å². The number of hydrogen-bond acceptors (Lipinski definition) is 4. The molecule has 1 heterocycles. The number of thioether (sulfide) groups is 1. The first kappa shape index (κ1) is 7.37. The average Bonchev–Trinajstić information content (AvgIpc) is 1.90. The van der Waals surface area contributed by atoms with Gasteiger partial charge in [0.2, 0.25) is 0 Å². The van der Waals surface area contributed by atoms with Gasteiger partial charge in [0.15, 0.2) is 10.7 Å². The Morgan fingerprint density at radius 2 is 2.33 bits per heavy atom. The Balaban J connectivity index is 2.40. The summed E-state index contributed by atoms with van der Waals surface area (Å²) in [4.78, 5) is 0. The average molecular weight is 167 g/mol. The van der Waals surface area contributed by atoms with Crippen LogP contribution in [0.15, 0.2) is 0 Å². The first-order valence-corrected chi connectivity index (χ1v) is 5.06. The van der Waals surface area contributed by atoms with Crippen LogP contribution in [0.25, 0.3) is 0 Å². The van der Waals surface area contributed by atoms with Gasteiger partial charge in [0.05, 0.1) is 0 Å². The van der Waals surface area contributed by atoms with E-state index in [1.54, 1.807) is 0 Å². The lowest BCUT2D eigenvalue weighted by molar-refractivity contribution is 0.605. The zero-order valence-electron chi connectivity index (χ0n) is 4.87. The van der Waals surface area contributed by atoms with Crippen molar-refractivity contribution in [3.63, 3.8) is 0 Å². The van der Waals surface area contributed by atoms with E-state index in [2.05, 4.69) is 5.32 Å². The van der Waals surface area contributed by atoms with Crippen LogP contribution in [0.5, 0.6) is 0 Å². The summed E-state index contributed by atoms with van der Waals surface area (Å²) in [5.41, 5.74) is 0. The van der Waals surface area contributed by atoms with E-state index in [9.17, 15) is 8.42 Å². The van der Waals surface area contributed by atoms with Crippen LogP contribution in [-0.2, 0) is 10.7 Å². The molecule has 1 rings (SSSR count). The minimum Gasteiger partial charge on any atom is -0.314 e. The van der Waals surface area contributed by atoms with E-state index in [4.69, 9.17) is 0 Å². The van der Waals surface area contributed by atoms with Crippen LogP contribution in [0.3, 0.4) is 0 Å².